The second-order valence-corrected chi connectivity index (χ2v) is 8.41. The van der Waals surface area contributed by atoms with E-state index in [1.165, 1.54) is 16.4 Å². The lowest BCUT2D eigenvalue weighted by Crippen LogP contribution is -2.45. The molecule has 1 saturated heterocycles. The zero-order chi connectivity index (χ0) is 19.1. The molecule has 2 aliphatic rings. The Balaban J connectivity index is 1.65. The lowest BCUT2D eigenvalue weighted by molar-refractivity contribution is -0.123. The van der Waals surface area contributed by atoms with Gasteiger partial charge in [-0.3, -0.25) is 14.5 Å². The Labute approximate surface area is 162 Å². The van der Waals surface area contributed by atoms with Crippen LogP contribution in [0.25, 0.3) is 0 Å². The summed E-state index contributed by atoms with van der Waals surface area (Å²) in [4.78, 5) is 31.3. The quantitative estimate of drug-likeness (QED) is 0.864. The van der Waals surface area contributed by atoms with E-state index < -0.39 is 0 Å². The Kier molecular flexibility index (Phi) is 4.77. The van der Waals surface area contributed by atoms with E-state index in [9.17, 15) is 9.59 Å². The van der Waals surface area contributed by atoms with Crippen LogP contribution in [-0.4, -0.2) is 49.8 Å². The Morgan fingerprint density at radius 3 is 2.67 bits per heavy atom. The number of primary amides is 1. The second-order valence-electron chi connectivity index (χ2n) is 7.30. The molecule has 0 bridgehead atoms. The maximum Gasteiger partial charge on any atom is 0.264 e. The molecule has 0 radical (unpaired) electrons. The van der Waals surface area contributed by atoms with Crippen LogP contribution < -0.4 is 5.73 Å². The van der Waals surface area contributed by atoms with Gasteiger partial charge in [-0.15, -0.1) is 5.10 Å². The molecule has 2 N–H and O–H groups in total. The summed E-state index contributed by atoms with van der Waals surface area (Å²) in [5.41, 5.74) is 7.76. The number of piperidine rings is 1. The van der Waals surface area contributed by atoms with Gasteiger partial charge in [-0.2, -0.15) is 4.68 Å². The van der Waals surface area contributed by atoms with Crippen molar-refractivity contribution in [2.45, 2.75) is 43.1 Å². The van der Waals surface area contributed by atoms with Crippen molar-refractivity contribution in [1.82, 2.24) is 19.7 Å². The molecule has 2 aliphatic heterocycles. The lowest BCUT2D eigenvalue weighted by atomic mass is 9.92. The summed E-state index contributed by atoms with van der Waals surface area (Å²) in [6, 6.07) is 8.21. The van der Waals surface area contributed by atoms with Gasteiger partial charge in [-0.05, 0) is 45.3 Å². The normalized spacial score (nSPS) is 22.0. The number of hydrogen-bond donors (Lipinski definition) is 1. The SMILES string of the molecule is Cc1cccc(C(C2Sc3nc(C)nn3C2=O)N2CCC(C(N)=O)CC2)c1. The van der Waals surface area contributed by atoms with Crippen molar-refractivity contribution in [2.24, 2.45) is 11.7 Å². The third kappa shape index (κ3) is 3.39. The molecular formula is C19H23N5O2S. The van der Waals surface area contributed by atoms with Crippen LogP contribution >= 0.6 is 11.8 Å². The first-order valence-electron chi connectivity index (χ1n) is 9.18. The second kappa shape index (κ2) is 7.09. The highest BCUT2D eigenvalue weighted by Crippen LogP contribution is 2.42. The minimum Gasteiger partial charge on any atom is -0.369 e. The molecule has 0 spiro atoms. The van der Waals surface area contributed by atoms with E-state index in [0.29, 0.717) is 11.0 Å². The molecule has 0 saturated carbocycles. The summed E-state index contributed by atoms with van der Waals surface area (Å²) >= 11 is 1.48. The molecular weight excluding hydrogens is 362 g/mol. The number of nitrogens with zero attached hydrogens (tertiary/aromatic N) is 4. The molecule has 7 nitrogen and oxygen atoms in total. The zero-order valence-corrected chi connectivity index (χ0v) is 16.3. The van der Waals surface area contributed by atoms with E-state index in [2.05, 4.69) is 40.1 Å². The van der Waals surface area contributed by atoms with Crippen molar-refractivity contribution in [2.75, 3.05) is 13.1 Å². The number of hydrogen-bond acceptors (Lipinski definition) is 6. The third-order valence-electron chi connectivity index (χ3n) is 5.36. The van der Waals surface area contributed by atoms with Gasteiger partial charge in [0.1, 0.15) is 11.1 Å². The standard InChI is InChI=1S/C19H23N5O2S/c1-11-4-3-5-14(10-11)15(23-8-6-13(7-9-23)17(20)25)16-18(26)24-19(27-16)21-12(2)22-24/h3-5,10,13,15-16H,6-9H2,1-2H3,(H2,20,25). The van der Waals surface area contributed by atoms with Gasteiger partial charge >= 0.3 is 0 Å². The highest BCUT2D eigenvalue weighted by Gasteiger charge is 2.43. The smallest absolute Gasteiger partial charge is 0.264 e. The van der Waals surface area contributed by atoms with Gasteiger partial charge in [0.05, 0.1) is 6.04 Å². The maximum absolute atomic E-state index is 13.1. The Morgan fingerprint density at radius 1 is 1.30 bits per heavy atom. The molecule has 2 unspecified atom stereocenters. The fourth-order valence-corrected chi connectivity index (χ4v) is 5.29. The topological polar surface area (TPSA) is 94.1 Å². The molecule has 1 aromatic heterocycles. The van der Waals surface area contributed by atoms with E-state index in [4.69, 9.17) is 5.73 Å². The summed E-state index contributed by atoms with van der Waals surface area (Å²) in [5, 5.41) is 4.61. The van der Waals surface area contributed by atoms with Crippen molar-refractivity contribution >= 4 is 23.6 Å². The largest absolute Gasteiger partial charge is 0.369 e. The van der Waals surface area contributed by atoms with Crippen LogP contribution in [0.5, 0.6) is 0 Å². The molecule has 2 atom stereocenters. The number of carbonyl (C=O) groups excluding carboxylic acids is 2. The summed E-state index contributed by atoms with van der Waals surface area (Å²) < 4.78 is 1.43. The van der Waals surface area contributed by atoms with Gasteiger partial charge in [0.2, 0.25) is 5.91 Å². The number of benzene rings is 1. The first-order valence-corrected chi connectivity index (χ1v) is 10.1. The van der Waals surface area contributed by atoms with Gasteiger partial charge in [0.25, 0.3) is 5.91 Å². The van der Waals surface area contributed by atoms with Crippen molar-refractivity contribution in [1.29, 1.82) is 0 Å². The molecule has 2 aromatic rings. The number of aromatic nitrogens is 3. The van der Waals surface area contributed by atoms with E-state index in [0.717, 1.165) is 37.1 Å². The first-order chi connectivity index (χ1) is 12.9. The predicted molar refractivity (Wildman–Crippen MR) is 102 cm³/mol. The van der Waals surface area contributed by atoms with Gasteiger partial charge in [-0.1, -0.05) is 41.6 Å². The van der Waals surface area contributed by atoms with Crippen LogP contribution in [0.2, 0.25) is 0 Å². The van der Waals surface area contributed by atoms with Crippen LogP contribution in [0.15, 0.2) is 29.4 Å². The number of carbonyl (C=O) groups is 2. The minimum atomic E-state index is -0.299. The minimum absolute atomic E-state index is 0.0286. The van der Waals surface area contributed by atoms with E-state index in [1.807, 2.05) is 6.07 Å². The van der Waals surface area contributed by atoms with Crippen LogP contribution in [0.1, 0.15) is 40.6 Å². The fourth-order valence-electron chi connectivity index (χ4n) is 3.99. The number of likely N-dealkylation sites (tertiary alicyclic amines) is 1. The maximum atomic E-state index is 13.1. The van der Waals surface area contributed by atoms with Crippen molar-refractivity contribution < 1.29 is 9.59 Å². The predicted octanol–water partition coefficient (Wildman–Crippen LogP) is 1.95. The van der Waals surface area contributed by atoms with Crippen molar-refractivity contribution in [3.63, 3.8) is 0 Å². The zero-order valence-electron chi connectivity index (χ0n) is 15.5. The summed E-state index contributed by atoms with van der Waals surface area (Å²) in [6.45, 7) is 5.33. The molecule has 142 valence electrons. The Bertz CT molecular complexity index is 888. The summed E-state index contributed by atoms with van der Waals surface area (Å²) in [5.74, 6) is 0.275. The number of thioether (sulfide) groups is 1. The summed E-state index contributed by atoms with van der Waals surface area (Å²) in [7, 11) is 0. The van der Waals surface area contributed by atoms with Gasteiger partial charge in [0.15, 0.2) is 5.16 Å². The molecule has 0 aliphatic carbocycles. The molecule has 1 fully saturated rings. The number of aryl methyl sites for hydroxylation is 2. The fraction of sp³-hybridized carbons (Fsp3) is 0.474. The average Bonchev–Trinajstić information content (AvgIpc) is 3.14. The number of nitrogens with two attached hydrogens (primary N) is 1. The number of fused-ring (bicyclic) bond motifs is 1. The van der Waals surface area contributed by atoms with Crippen molar-refractivity contribution in [3.05, 3.63) is 41.2 Å². The molecule has 3 heterocycles. The van der Waals surface area contributed by atoms with Crippen LogP contribution in [0, 0.1) is 19.8 Å². The van der Waals surface area contributed by atoms with E-state index in [-0.39, 0.29) is 29.0 Å². The molecule has 27 heavy (non-hydrogen) atoms. The van der Waals surface area contributed by atoms with Gasteiger partial charge in [0, 0.05) is 5.92 Å². The number of rotatable bonds is 4. The first kappa shape index (κ1) is 18.2. The molecule has 8 heteroatoms. The average molecular weight is 385 g/mol. The van der Waals surface area contributed by atoms with E-state index >= 15 is 0 Å². The Hall–Kier alpha value is -2.19. The van der Waals surface area contributed by atoms with Gasteiger partial charge < -0.3 is 5.73 Å². The van der Waals surface area contributed by atoms with Crippen LogP contribution in [-0.2, 0) is 4.79 Å². The summed E-state index contributed by atoms with van der Waals surface area (Å²) in [6.07, 6.45) is 1.45. The van der Waals surface area contributed by atoms with E-state index in [1.54, 1.807) is 6.92 Å². The Morgan fingerprint density at radius 2 is 2.04 bits per heavy atom. The van der Waals surface area contributed by atoms with Gasteiger partial charge in [-0.25, -0.2) is 4.98 Å². The third-order valence-corrected chi connectivity index (χ3v) is 6.55. The van der Waals surface area contributed by atoms with Crippen molar-refractivity contribution in [3.8, 4) is 0 Å². The van der Waals surface area contributed by atoms with Crippen LogP contribution in [0.4, 0.5) is 0 Å². The number of amides is 1. The monoisotopic (exact) mass is 385 g/mol. The van der Waals surface area contributed by atoms with Crippen LogP contribution in [0.3, 0.4) is 0 Å². The highest BCUT2D eigenvalue weighted by atomic mass is 32.2. The lowest BCUT2D eigenvalue weighted by Gasteiger charge is -2.38. The molecule has 4 rings (SSSR count). The molecule has 1 amide bonds. The molecule has 1 aromatic carbocycles. The highest BCUT2D eigenvalue weighted by molar-refractivity contribution is 8.00.